The zero-order valence-corrected chi connectivity index (χ0v) is 18.3. The number of carbonyl (C=O) groups excluding carboxylic acids is 1. The summed E-state index contributed by atoms with van der Waals surface area (Å²) in [5.41, 5.74) is 1.62. The normalized spacial score (nSPS) is 11.0. The van der Waals surface area contributed by atoms with Crippen molar-refractivity contribution >= 4 is 21.7 Å². The van der Waals surface area contributed by atoms with E-state index in [1.807, 2.05) is 37.3 Å². The van der Waals surface area contributed by atoms with E-state index in [1.165, 1.54) is 28.6 Å². The molecule has 3 rings (SSSR count). The molecule has 3 aromatic carbocycles. The second-order valence-corrected chi connectivity index (χ2v) is 8.51. The summed E-state index contributed by atoms with van der Waals surface area (Å²) >= 11 is 0. The molecule has 0 aliphatic heterocycles. The number of anilines is 1. The van der Waals surface area contributed by atoms with Crippen LogP contribution < -0.4 is 9.04 Å². The summed E-state index contributed by atoms with van der Waals surface area (Å²) in [6.45, 7) is 4.52. The molecule has 0 saturated carbocycles. The van der Waals surface area contributed by atoms with Crippen molar-refractivity contribution in [2.24, 2.45) is 0 Å². The van der Waals surface area contributed by atoms with Gasteiger partial charge < -0.3 is 9.47 Å². The number of para-hydroxylation sites is 2. The number of nitrogens with zero attached hydrogens (tertiary/aromatic N) is 1. The fourth-order valence-electron chi connectivity index (χ4n) is 3.12. The summed E-state index contributed by atoms with van der Waals surface area (Å²) in [6, 6.07) is 22.0. The molecule has 0 aromatic heterocycles. The van der Waals surface area contributed by atoms with Gasteiger partial charge in [-0.15, -0.1) is 0 Å². The Bertz CT molecular complexity index is 1110. The van der Waals surface area contributed by atoms with Crippen molar-refractivity contribution in [2.45, 2.75) is 25.3 Å². The van der Waals surface area contributed by atoms with Crippen LogP contribution in [-0.2, 0) is 21.4 Å². The Hall–Kier alpha value is -3.32. The number of hydrogen-bond donors (Lipinski definition) is 0. The molecular formula is C24H25NO5S. The number of hydrogen-bond acceptors (Lipinski definition) is 5. The molecule has 31 heavy (non-hydrogen) atoms. The summed E-state index contributed by atoms with van der Waals surface area (Å²) in [5.74, 6) is 0.130. The largest absolute Gasteiger partial charge is 0.493 e. The van der Waals surface area contributed by atoms with Crippen LogP contribution in [0, 0.1) is 0 Å². The van der Waals surface area contributed by atoms with Gasteiger partial charge in [-0.25, -0.2) is 13.2 Å². The summed E-state index contributed by atoms with van der Waals surface area (Å²) in [7, 11) is -3.75. The lowest BCUT2D eigenvalue weighted by Crippen LogP contribution is -2.30. The minimum atomic E-state index is -3.75. The Kier molecular flexibility index (Phi) is 7.31. The van der Waals surface area contributed by atoms with Gasteiger partial charge in [-0.05, 0) is 56.3 Å². The lowest BCUT2D eigenvalue weighted by atomic mass is 10.2. The standard InChI is InChI=1S/C24H25NO5S/c1-3-25(21-11-6-5-7-12-21)31(27,28)22-16-14-19(15-17-22)24(26)30-18-20-10-8-9-13-23(20)29-4-2/h5-17H,3-4,18H2,1-2H3. The zero-order valence-electron chi connectivity index (χ0n) is 17.5. The average molecular weight is 440 g/mol. The van der Waals surface area contributed by atoms with Crippen LogP contribution in [0.5, 0.6) is 5.75 Å². The predicted octanol–water partition coefficient (Wildman–Crippen LogP) is 4.66. The summed E-state index contributed by atoms with van der Waals surface area (Å²) in [5, 5.41) is 0. The molecule has 6 nitrogen and oxygen atoms in total. The molecule has 0 aliphatic rings. The smallest absolute Gasteiger partial charge is 0.338 e. The van der Waals surface area contributed by atoms with Crippen molar-refractivity contribution in [1.29, 1.82) is 0 Å². The van der Waals surface area contributed by atoms with Gasteiger partial charge in [0.1, 0.15) is 12.4 Å². The first-order valence-corrected chi connectivity index (χ1v) is 11.5. The van der Waals surface area contributed by atoms with Crippen molar-refractivity contribution in [1.82, 2.24) is 0 Å². The van der Waals surface area contributed by atoms with Crippen LogP contribution >= 0.6 is 0 Å². The third-order valence-corrected chi connectivity index (χ3v) is 6.56. The predicted molar refractivity (Wildman–Crippen MR) is 120 cm³/mol. The summed E-state index contributed by atoms with van der Waals surface area (Å²) in [6.07, 6.45) is 0. The first-order valence-electron chi connectivity index (χ1n) is 10.0. The van der Waals surface area contributed by atoms with Crippen LogP contribution in [0.1, 0.15) is 29.8 Å². The molecule has 162 valence electrons. The molecule has 3 aromatic rings. The minimum Gasteiger partial charge on any atom is -0.493 e. The lowest BCUT2D eigenvalue weighted by molar-refractivity contribution is 0.0469. The molecule has 0 fully saturated rings. The SMILES string of the molecule is CCOc1ccccc1COC(=O)c1ccc(S(=O)(=O)N(CC)c2ccccc2)cc1. The van der Waals surface area contributed by atoms with Gasteiger partial charge in [0.15, 0.2) is 0 Å². The van der Waals surface area contributed by atoms with Gasteiger partial charge in [0, 0.05) is 12.1 Å². The highest BCUT2D eigenvalue weighted by molar-refractivity contribution is 7.92. The molecule has 0 radical (unpaired) electrons. The molecule has 7 heteroatoms. The first kappa shape index (κ1) is 22.4. The number of esters is 1. The van der Waals surface area contributed by atoms with Crippen LogP contribution in [0.3, 0.4) is 0 Å². The van der Waals surface area contributed by atoms with E-state index in [4.69, 9.17) is 9.47 Å². The highest BCUT2D eigenvalue weighted by Gasteiger charge is 2.23. The molecule has 0 spiro atoms. The molecule has 0 bridgehead atoms. The number of rotatable bonds is 9. The maximum Gasteiger partial charge on any atom is 0.338 e. The Morgan fingerprint density at radius 3 is 2.16 bits per heavy atom. The fraction of sp³-hybridized carbons (Fsp3) is 0.208. The molecule has 0 atom stereocenters. The topological polar surface area (TPSA) is 72.9 Å². The van der Waals surface area contributed by atoms with Crippen LogP contribution in [0.4, 0.5) is 5.69 Å². The molecule has 0 N–H and O–H groups in total. The van der Waals surface area contributed by atoms with Crippen LogP contribution in [0.15, 0.2) is 83.8 Å². The van der Waals surface area contributed by atoms with Gasteiger partial charge in [-0.3, -0.25) is 4.31 Å². The van der Waals surface area contributed by atoms with Crippen LogP contribution in [-0.4, -0.2) is 27.5 Å². The summed E-state index contributed by atoms with van der Waals surface area (Å²) in [4.78, 5) is 12.5. The molecule has 0 unspecified atom stereocenters. The number of sulfonamides is 1. The van der Waals surface area contributed by atoms with Crippen molar-refractivity contribution < 1.29 is 22.7 Å². The molecule has 0 amide bonds. The van der Waals surface area contributed by atoms with Crippen LogP contribution in [0.2, 0.25) is 0 Å². The lowest BCUT2D eigenvalue weighted by Gasteiger charge is -2.22. The van der Waals surface area contributed by atoms with E-state index < -0.39 is 16.0 Å². The average Bonchev–Trinajstić information content (AvgIpc) is 2.79. The van der Waals surface area contributed by atoms with E-state index in [2.05, 4.69) is 0 Å². The molecule has 0 saturated heterocycles. The van der Waals surface area contributed by atoms with Crippen molar-refractivity contribution in [3.63, 3.8) is 0 Å². The number of carbonyl (C=O) groups is 1. The van der Waals surface area contributed by atoms with Gasteiger partial charge in [-0.1, -0.05) is 36.4 Å². The van der Waals surface area contributed by atoms with Crippen molar-refractivity contribution in [3.05, 3.63) is 90.0 Å². The summed E-state index contributed by atoms with van der Waals surface area (Å²) < 4.78 is 38.3. The Labute approximate surface area is 183 Å². The number of benzene rings is 3. The highest BCUT2D eigenvalue weighted by atomic mass is 32.2. The Balaban J connectivity index is 1.73. The van der Waals surface area contributed by atoms with Crippen molar-refractivity contribution in [2.75, 3.05) is 17.5 Å². The molecule has 0 heterocycles. The van der Waals surface area contributed by atoms with Crippen LogP contribution in [0.25, 0.3) is 0 Å². The van der Waals surface area contributed by atoms with Gasteiger partial charge in [0.05, 0.1) is 22.8 Å². The highest BCUT2D eigenvalue weighted by Crippen LogP contribution is 2.24. The first-order chi connectivity index (χ1) is 15.0. The number of ether oxygens (including phenoxy) is 2. The van der Waals surface area contributed by atoms with Gasteiger partial charge in [0.25, 0.3) is 10.0 Å². The molecule has 0 aliphatic carbocycles. The maximum absolute atomic E-state index is 13.1. The van der Waals surface area contributed by atoms with E-state index >= 15 is 0 Å². The van der Waals surface area contributed by atoms with E-state index in [9.17, 15) is 13.2 Å². The van der Waals surface area contributed by atoms with E-state index in [0.29, 0.717) is 18.0 Å². The Morgan fingerprint density at radius 1 is 0.871 bits per heavy atom. The van der Waals surface area contributed by atoms with Gasteiger partial charge in [0.2, 0.25) is 0 Å². The second-order valence-electron chi connectivity index (χ2n) is 6.65. The quantitative estimate of drug-likeness (QED) is 0.454. The van der Waals surface area contributed by atoms with Gasteiger partial charge >= 0.3 is 5.97 Å². The van der Waals surface area contributed by atoms with E-state index in [1.54, 1.807) is 31.2 Å². The second kappa shape index (κ2) is 10.1. The van der Waals surface area contributed by atoms with Crippen molar-refractivity contribution in [3.8, 4) is 5.75 Å². The zero-order chi connectivity index (χ0) is 22.3. The van der Waals surface area contributed by atoms with Gasteiger partial charge in [-0.2, -0.15) is 0 Å². The maximum atomic E-state index is 13.1. The monoisotopic (exact) mass is 439 g/mol. The van der Waals surface area contributed by atoms with E-state index in [-0.39, 0.29) is 23.6 Å². The minimum absolute atomic E-state index is 0.0622. The third kappa shape index (κ3) is 5.24. The molecular weight excluding hydrogens is 414 g/mol. The van der Waals surface area contributed by atoms with E-state index in [0.717, 1.165) is 5.56 Å². The Morgan fingerprint density at radius 2 is 1.52 bits per heavy atom. The third-order valence-electron chi connectivity index (χ3n) is 4.64. The fourth-order valence-corrected chi connectivity index (χ4v) is 4.60.